The third-order valence-electron chi connectivity index (χ3n) is 2.72. The van der Waals surface area contributed by atoms with Crippen LogP contribution in [0.4, 0.5) is 0 Å². The summed E-state index contributed by atoms with van der Waals surface area (Å²) in [6, 6.07) is 6.97. The van der Waals surface area contributed by atoms with Gasteiger partial charge in [-0.25, -0.2) is 0 Å². The zero-order valence-electron chi connectivity index (χ0n) is 9.73. The maximum Gasteiger partial charge on any atom is 0.199 e. The Hall–Kier alpha value is -2.10. The van der Waals surface area contributed by atoms with Crippen molar-refractivity contribution in [2.24, 2.45) is 5.16 Å². The van der Waals surface area contributed by atoms with Crippen molar-refractivity contribution < 1.29 is 14.7 Å². The number of benzene rings is 1. The van der Waals surface area contributed by atoms with Crippen molar-refractivity contribution in [1.29, 1.82) is 0 Å². The highest BCUT2D eigenvalue weighted by Crippen LogP contribution is 2.32. The average molecular weight is 231 g/mol. The van der Waals surface area contributed by atoms with Crippen LogP contribution in [-0.4, -0.2) is 23.7 Å². The van der Waals surface area contributed by atoms with E-state index in [2.05, 4.69) is 5.16 Å². The first kappa shape index (κ1) is 11.4. The van der Waals surface area contributed by atoms with Crippen LogP contribution in [0, 0.1) is 0 Å². The zero-order valence-corrected chi connectivity index (χ0v) is 9.73. The quantitative estimate of drug-likeness (QED) is 0.642. The monoisotopic (exact) mass is 231 g/mol. The number of oxime groups is 1. The summed E-state index contributed by atoms with van der Waals surface area (Å²) in [5.41, 5.74) is 1.78. The number of carbonyl (C=O) groups is 1. The molecule has 1 aromatic carbocycles. The molecule has 0 unspecified atom stereocenters. The maximum absolute atomic E-state index is 12.1. The van der Waals surface area contributed by atoms with Crippen molar-refractivity contribution >= 4 is 17.3 Å². The van der Waals surface area contributed by atoms with E-state index in [1.54, 1.807) is 24.3 Å². The van der Waals surface area contributed by atoms with Gasteiger partial charge in [-0.2, -0.15) is 0 Å². The number of nitrogens with zero attached hydrogens (tertiary/aromatic N) is 1. The Morgan fingerprint density at radius 3 is 2.53 bits per heavy atom. The largest absolute Gasteiger partial charge is 0.506 e. The second-order valence-corrected chi connectivity index (χ2v) is 3.67. The molecule has 2 rings (SSSR count). The molecule has 4 heteroatoms. The van der Waals surface area contributed by atoms with Gasteiger partial charge in [-0.1, -0.05) is 36.3 Å². The molecule has 0 heterocycles. The van der Waals surface area contributed by atoms with Crippen molar-refractivity contribution in [3.8, 4) is 0 Å². The summed E-state index contributed by atoms with van der Waals surface area (Å²) in [6.07, 6.45) is 0.521. The Morgan fingerprint density at radius 2 is 2.00 bits per heavy atom. The number of carbonyl (C=O) groups excluding carboxylic acids is 1. The molecule has 0 aromatic heterocycles. The zero-order chi connectivity index (χ0) is 12.4. The number of Topliss-reactive ketones (excluding diaryl/α,β-unsaturated/α-hetero) is 1. The highest BCUT2D eigenvalue weighted by Gasteiger charge is 2.32. The predicted molar refractivity (Wildman–Crippen MR) is 65.1 cm³/mol. The van der Waals surface area contributed by atoms with Crippen LogP contribution < -0.4 is 0 Å². The molecule has 1 aliphatic rings. The van der Waals surface area contributed by atoms with E-state index in [4.69, 9.17) is 4.84 Å². The average Bonchev–Trinajstić information content (AvgIpc) is 2.61. The molecule has 0 saturated carbocycles. The third-order valence-corrected chi connectivity index (χ3v) is 2.72. The fourth-order valence-electron chi connectivity index (χ4n) is 1.93. The molecule has 1 aromatic rings. The molecule has 0 bridgehead atoms. The lowest BCUT2D eigenvalue weighted by atomic mass is 10.0. The first-order chi connectivity index (χ1) is 8.20. The maximum atomic E-state index is 12.1. The Bertz CT molecular complexity index is 529. The Labute approximate surface area is 99.2 Å². The van der Waals surface area contributed by atoms with Gasteiger partial charge < -0.3 is 9.94 Å². The smallest absolute Gasteiger partial charge is 0.199 e. The third kappa shape index (κ3) is 1.71. The van der Waals surface area contributed by atoms with Gasteiger partial charge in [0.1, 0.15) is 12.9 Å². The van der Waals surface area contributed by atoms with Crippen LogP contribution >= 0.6 is 0 Å². The molecule has 0 atom stereocenters. The van der Waals surface area contributed by atoms with E-state index in [0.29, 0.717) is 23.3 Å². The summed E-state index contributed by atoms with van der Waals surface area (Å²) in [6.45, 7) is 1.86. The second-order valence-electron chi connectivity index (χ2n) is 3.67. The van der Waals surface area contributed by atoms with Gasteiger partial charge in [-0.05, 0) is 6.42 Å². The lowest BCUT2D eigenvalue weighted by molar-refractivity contribution is 0.104. The highest BCUT2D eigenvalue weighted by molar-refractivity contribution is 6.35. The van der Waals surface area contributed by atoms with Crippen LogP contribution in [0.5, 0.6) is 0 Å². The molecule has 1 aliphatic carbocycles. The van der Waals surface area contributed by atoms with E-state index < -0.39 is 0 Å². The van der Waals surface area contributed by atoms with Crippen molar-refractivity contribution in [3.63, 3.8) is 0 Å². The lowest BCUT2D eigenvalue weighted by Gasteiger charge is -2.02. The summed E-state index contributed by atoms with van der Waals surface area (Å²) in [7, 11) is 1.42. The number of aliphatic hydroxyl groups excluding tert-OH is 1. The molecule has 0 saturated heterocycles. The number of rotatable bonds is 3. The molecule has 0 fully saturated rings. The molecule has 17 heavy (non-hydrogen) atoms. The first-order valence-corrected chi connectivity index (χ1v) is 5.38. The minimum Gasteiger partial charge on any atom is -0.506 e. The van der Waals surface area contributed by atoms with Gasteiger partial charge in [0.15, 0.2) is 5.78 Å². The Morgan fingerprint density at radius 1 is 1.35 bits per heavy atom. The van der Waals surface area contributed by atoms with E-state index >= 15 is 0 Å². The molecule has 1 N–H and O–H groups in total. The van der Waals surface area contributed by atoms with Crippen molar-refractivity contribution in [3.05, 3.63) is 41.0 Å². The fourth-order valence-corrected chi connectivity index (χ4v) is 1.93. The topological polar surface area (TPSA) is 58.9 Å². The minimum atomic E-state index is -0.198. The SMILES string of the molecule is CCC(=NOC)C1=C(O)c2ccccc2C1=O. The number of hydrogen-bond acceptors (Lipinski definition) is 4. The van der Waals surface area contributed by atoms with Crippen molar-refractivity contribution in [2.45, 2.75) is 13.3 Å². The van der Waals surface area contributed by atoms with Gasteiger partial charge in [0.25, 0.3) is 0 Å². The van der Waals surface area contributed by atoms with E-state index in [1.165, 1.54) is 7.11 Å². The Kier molecular flexibility index (Phi) is 2.95. The Balaban J connectivity index is 2.56. The summed E-state index contributed by atoms with van der Waals surface area (Å²) in [5, 5.41) is 13.8. The summed E-state index contributed by atoms with van der Waals surface area (Å²) in [5.74, 6) is -0.209. The van der Waals surface area contributed by atoms with Crippen LogP contribution in [0.1, 0.15) is 29.3 Å². The summed E-state index contributed by atoms with van der Waals surface area (Å²) in [4.78, 5) is 16.8. The molecule has 88 valence electrons. The highest BCUT2D eigenvalue weighted by atomic mass is 16.6. The molecular formula is C13H13NO3. The summed E-state index contributed by atoms with van der Waals surface area (Å²) >= 11 is 0. The van der Waals surface area contributed by atoms with E-state index in [-0.39, 0.29) is 17.1 Å². The fraction of sp³-hybridized carbons (Fsp3) is 0.231. The van der Waals surface area contributed by atoms with Gasteiger partial charge in [-0.15, -0.1) is 0 Å². The van der Waals surface area contributed by atoms with Gasteiger partial charge in [-0.3, -0.25) is 4.79 Å². The number of allylic oxidation sites excluding steroid dienone is 1. The molecule has 0 amide bonds. The van der Waals surface area contributed by atoms with Crippen LogP contribution in [-0.2, 0) is 4.84 Å². The van der Waals surface area contributed by atoms with E-state index in [9.17, 15) is 9.90 Å². The second kappa shape index (κ2) is 4.41. The molecule has 0 spiro atoms. The van der Waals surface area contributed by atoms with E-state index in [1.807, 2.05) is 6.92 Å². The van der Waals surface area contributed by atoms with Crippen LogP contribution in [0.3, 0.4) is 0 Å². The van der Waals surface area contributed by atoms with Crippen molar-refractivity contribution in [2.75, 3.05) is 7.11 Å². The normalized spacial score (nSPS) is 15.2. The van der Waals surface area contributed by atoms with Crippen LogP contribution in [0.25, 0.3) is 5.76 Å². The lowest BCUT2D eigenvalue weighted by Crippen LogP contribution is -2.10. The van der Waals surface area contributed by atoms with Crippen LogP contribution in [0.15, 0.2) is 35.0 Å². The van der Waals surface area contributed by atoms with Crippen molar-refractivity contribution in [1.82, 2.24) is 0 Å². The number of hydrogen-bond donors (Lipinski definition) is 1. The number of fused-ring (bicyclic) bond motifs is 1. The van der Waals surface area contributed by atoms with E-state index in [0.717, 1.165) is 0 Å². The van der Waals surface area contributed by atoms with Gasteiger partial charge in [0.05, 0.1) is 11.3 Å². The van der Waals surface area contributed by atoms with Gasteiger partial charge in [0, 0.05) is 11.1 Å². The standard InChI is InChI=1S/C13H13NO3/c1-3-10(14-17-2)11-12(15)8-6-4-5-7-9(8)13(11)16/h4-7,15H,3H2,1-2H3. The minimum absolute atomic E-state index is 0.0109. The molecular weight excluding hydrogens is 218 g/mol. The van der Waals surface area contributed by atoms with Gasteiger partial charge >= 0.3 is 0 Å². The number of ketones is 1. The van der Waals surface area contributed by atoms with Crippen LogP contribution in [0.2, 0.25) is 0 Å². The molecule has 4 nitrogen and oxygen atoms in total. The molecule has 0 aliphatic heterocycles. The van der Waals surface area contributed by atoms with Gasteiger partial charge in [0.2, 0.25) is 0 Å². The first-order valence-electron chi connectivity index (χ1n) is 5.38. The predicted octanol–water partition coefficient (Wildman–Crippen LogP) is 2.56. The number of aliphatic hydroxyl groups is 1. The molecule has 0 radical (unpaired) electrons. The summed E-state index contributed by atoms with van der Waals surface area (Å²) < 4.78 is 0.